The maximum atomic E-state index is 5.43. The number of nitrogens with zero attached hydrogens (tertiary/aromatic N) is 1. The second-order valence-corrected chi connectivity index (χ2v) is 7.03. The van der Waals surface area contributed by atoms with Gasteiger partial charge >= 0.3 is 0 Å². The van der Waals surface area contributed by atoms with Gasteiger partial charge in [0.25, 0.3) is 0 Å². The zero-order valence-corrected chi connectivity index (χ0v) is 12.3. The molecule has 2 saturated heterocycles. The molecule has 2 heterocycles. The van der Waals surface area contributed by atoms with Crippen molar-refractivity contribution in [1.29, 1.82) is 0 Å². The maximum absolute atomic E-state index is 5.43. The fourth-order valence-electron chi connectivity index (χ4n) is 2.13. The van der Waals surface area contributed by atoms with Gasteiger partial charge in [0, 0.05) is 24.7 Å². The lowest BCUT2D eigenvalue weighted by Gasteiger charge is -2.32. The van der Waals surface area contributed by atoms with E-state index in [1.165, 1.54) is 5.75 Å². The van der Waals surface area contributed by atoms with Crippen LogP contribution in [0.2, 0.25) is 0 Å². The Hall–Kier alpha value is 0.130. The number of thioether (sulfide) groups is 2. The van der Waals surface area contributed by atoms with Crippen molar-refractivity contribution in [3.8, 4) is 0 Å². The molecule has 0 bridgehead atoms. The van der Waals surface area contributed by atoms with Gasteiger partial charge in [-0.1, -0.05) is 18.7 Å². The molecule has 1 atom stereocenters. The second kappa shape index (κ2) is 6.34. The average Bonchev–Trinajstić information content (AvgIpc) is 2.70. The Morgan fingerprint density at radius 1 is 1.53 bits per heavy atom. The summed E-state index contributed by atoms with van der Waals surface area (Å²) in [5, 5.41) is 4.79. The molecule has 0 aliphatic carbocycles. The van der Waals surface area contributed by atoms with Crippen LogP contribution in [0.5, 0.6) is 0 Å². The highest BCUT2D eigenvalue weighted by Gasteiger charge is 2.38. The predicted molar refractivity (Wildman–Crippen MR) is 78.3 cm³/mol. The third-order valence-corrected chi connectivity index (χ3v) is 5.51. The zero-order chi connectivity index (χ0) is 12.1. The molecule has 0 radical (unpaired) electrons. The minimum atomic E-state index is 0.277. The number of amidine groups is 1. The van der Waals surface area contributed by atoms with E-state index in [4.69, 9.17) is 9.73 Å². The minimum Gasteiger partial charge on any atom is -0.381 e. The van der Waals surface area contributed by atoms with Gasteiger partial charge in [-0.15, -0.1) is 0 Å². The van der Waals surface area contributed by atoms with E-state index >= 15 is 0 Å². The van der Waals surface area contributed by atoms with Crippen LogP contribution in [0.15, 0.2) is 4.99 Å². The van der Waals surface area contributed by atoms with Crippen LogP contribution in [0.25, 0.3) is 0 Å². The number of hydrogen-bond acceptors (Lipinski definition) is 4. The first-order chi connectivity index (χ1) is 8.24. The minimum absolute atomic E-state index is 0.277. The van der Waals surface area contributed by atoms with E-state index in [-0.39, 0.29) is 5.54 Å². The third-order valence-electron chi connectivity index (χ3n) is 3.21. The Labute approximate surface area is 113 Å². The number of rotatable bonds is 4. The molecule has 17 heavy (non-hydrogen) atoms. The normalized spacial score (nSPS) is 27.3. The molecule has 1 unspecified atom stereocenters. The van der Waals surface area contributed by atoms with Gasteiger partial charge in [0.1, 0.15) is 0 Å². The molecule has 0 amide bonds. The molecular formula is C12H22N2OS2. The van der Waals surface area contributed by atoms with Gasteiger partial charge in [-0.25, -0.2) is 0 Å². The molecule has 3 nitrogen and oxygen atoms in total. The van der Waals surface area contributed by atoms with Crippen molar-refractivity contribution in [3.05, 3.63) is 0 Å². The number of nitrogens with one attached hydrogen (secondary N) is 1. The number of aliphatic imine (C=N–C) groups is 1. The SMILES string of the molecule is CCSCC(C)N=C1NC2(CCOCC2)CS1. The summed E-state index contributed by atoms with van der Waals surface area (Å²) in [6, 6.07) is 0.421. The number of ether oxygens (including phenoxy) is 1. The third kappa shape index (κ3) is 3.80. The molecule has 0 aromatic rings. The summed E-state index contributed by atoms with van der Waals surface area (Å²) in [4.78, 5) is 4.77. The van der Waals surface area contributed by atoms with Gasteiger partial charge in [0.15, 0.2) is 5.17 Å². The standard InChI is InChI=1S/C12H22N2OS2/c1-3-16-8-10(2)13-11-14-12(9-17-11)4-6-15-7-5-12/h10H,3-9H2,1-2H3,(H,13,14). The Morgan fingerprint density at radius 2 is 2.29 bits per heavy atom. The number of hydrogen-bond donors (Lipinski definition) is 1. The highest BCUT2D eigenvalue weighted by Crippen LogP contribution is 2.32. The van der Waals surface area contributed by atoms with Gasteiger partial charge in [-0.05, 0) is 25.5 Å². The molecule has 1 spiro atoms. The topological polar surface area (TPSA) is 33.6 Å². The molecule has 5 heteroatoms. The van der Waals surface area contributed by atoms with Crippen LogP contribution in [-0.4, -0.2) is 47.2 Å². The predicted octanol–water partition coefficient (Wildman–Crippen LogP) is 2.37. The highest BCUT2D eigenvalue weighted by atomic mass is 32.2. The van der Waals surface area contributed by atoms with E-state index in [0.29, 0.717) is 6.04 Å². The van der Waals surface area contributed by atoms with Gasteiger partial charge in [-0.3, -0.25) is 4.99 Å². The lowest BCUT2D eigenvalue weighted by Crippen LogP contribution is -2.48. The summed E-state index contributed by atoms with van der Waals surface area (Å²) in [5.74, 6) is 3.46. The van der Waals surface area contributed by atoms with Crippen molar-refractivity contribution in [2.24, 2.45) is 4.99 Å². The molecule has 2 aliphatic heterocycles. The van der Waals surface area contributed by atoms with Crippen LogP contribution < -0.4 is 5.32 Å². The maximum Gasteiger partial charge on any atom is 0.157 e. The smallest absolute Gasteiger partial charge is 0.157 e. The van der Waals surface area contributed by atoms with Crippen LogP contribution in [0.3, 0.4) is 0 Å². The monoisotopic (exact) mass is 274 g/mol. The molecule has 1 N–H and O–H groups in total. The zero-order valence-electron chi connectivity index (χ0n) is 10.7. The van der Waals surface area contributed by atoms with Gasteiger partial charge in [-0.2, -0.15) is 11.8 Å². The van der Waals surface area contributed by atoms with Gasteiger partial charge in [0.2, 0.25) is 0 Å². The lowest BCUT2D eigenvalue weighted by molar-refractivity contribution is 0.0555. The molecule has 2 aliphatic rings. The first kappa shape index (κ1) is 13.6. The van der Waals surface area contributed by atoms with E-state index in [1.54, 1.807) is 0 Å². The van der Waals surface area contributed by atoms with Crippen LogP contribution in [0.4, 0.5) is 0 Å². The largest absolute Gasteiger partial charge is 0.381 e. The fraction of sp³-hybridized carbons (Fsp3) is 0.917. The van der Waals surface area contributed by atoms with E-state index in [9.17, 15) is 0 Å². The summed E-state index contributed by atoms with van der Waals surface area (Å²) in [6.45, 7) is 6.18. The van der Waals surface area contributed by atoms with Crippen molar-refractivity contribution in [1.82, 2.24) is 5.32 Å². The molecule has 98 valence electrons. The van der Waals surface area contributed by atoms with Crippen LogP contribution in [-0.2, 0) is 4.74 Å². The molecule has 0 saturated carbocycles. The molecule has 0 aromatic carbocycles. The van der Waals surface area contributed by atoms with E-state index in [1.807, 2.05) is 23.5 Å². The Kier molecular flexibility index (Phi) is 5.06. The van der Waals surface area contributed by atoms with Crippen LogP contribution in [0, 0.1) is 0 Å². The van der Waals surface area contributed by atoms with E-state index in [0.717, 1.165) is 42.7 Å². The summed E-state index contributed by atoms with van der Waals surface area (Å²) in [7, 11) is 0. The van der Waals surface area contributed by atoms with Crippen molar-refractivity contribution in [2.45, 2.75) is 38.3 Å². The Bertz CT molecular complexity index is 278. The fourth-order valence-corrected chi connectivity index (χ4v) is 4.10. The molecular weight excluding hydrogens is 252 g/mol. The first-order valence-electron chi connectivity index (χ1n) is 6.38. The molecule has 2 fully saturated rings. The molecule has 2 rings (SSSR count). The van der Waals surface area contributed by atoms with Crippen molar-refractivity contribution in [3.63, 3.8) is 0 Å². The first-order valence-corrected chi connectivity index (χ1v) is 8.52. The summed E-state index contributed by atoms with van der Waals surface area (Å²) in [5.41, 5.74) is 0.277. The summed E-state index contributed by atoms with van der Waals surface area (Å²) in [6.07, 6.45) is 2.24. The lowest BCUT2D eigenvalue weighted by atomic mass is 9.93. The summed E-state index contributed by atoms with van der Waals surface area (Å²) >= 11 is 3.85. The summed E-state index contributed by atoms with van der Waals surface area (Å²) < 4.78 is 5.43. The van der Waals surface area contributed by atoms with E-state index < -0.39 is 0 Å². The van der Waals surface area contributed by atoms with Crippen molar-refractivity contribution < 1.29 is 4.74 Å². The van der Waals surface area contributed by atoms with Gasteiger partial charge in [0.05, 0.1) is 11.6 Å². The quantitative estimate of drug-likeness (QED) is 0.853. The average molecular weight is 274 g/mol. The Balaban J connectivity index is 1.85. The van der Waals surface area contributed by atoms with Crippen molar-refractivity contribution in [2.75, 3.05) is 30.5 Å². The highest BCUT2D eigenvalue weighted by molar-refractivity contribution is 8.14. The second-order valence-electron chi connectivity index (χ2n) is 4.75. The Morgan fingerprint density at radius 3 is 3.00 bits per heavy atom. The van der Waals surface area contributed by atoms with Crippen LogP contribution in [0.1, 0.15) is 26.7 Å². The van der Waals surface area contributed by atoms with E-state index in [2.05, 4.69) is 19.2 Å². The van der Waals surface area contributed by atoms with Crippen molar-refractivity contribution >= 4 is 28.7 Å². The van der Waals surface area contributed by atoms with Gasteiger partial charge < -0.3 is 10.1 Å². The van der Waals surface area contributed by atoms with Crippen LogP contribution >= 0.6 is 23.5 Å². The molecule has 0 aromatic heterocycles.